The molecule has 1 aromatic heterocycles. The Hall–Kier alpha value is -0.900. The van der Waals surface area contributed by atoms with Gasteiger partial charge in [-0.25, -0.2) is 4.98 Å². The Kier molecular flexibility index (Phi) is 3.22. The van der Waals surface area contributed by atoms with Gasteiger partial charge in [-0.3, -0.25) is 4.79 Å². The summed E-state index contributed by atoms with van der Waals surface area (Å²) in [6, 6.07) is 0. The lowest BCUT2D eigenvalue weighted by Gasteiger charge is -1.92. The van der Waals surface area contributed by atoms with E-state index in [0.29, 0.717) is 5.13 Å². The molecule has 0 fully saturated rings. The minimum Gasteiger partial charge on any atom is -0.302 e. The largest absolute Gasteiger partial charge is 0.302 e. The number of carbonyl (C=O) groups excluding carboxylic acids is 1. The Bertz CT molecular complexity index is 270. The number of carbonyl (C=O) groups is 1. The first-order valence-electron chi connectivity index (χ1n) is 3.94. The second kappa shape index (κ2) is 4.21. The molecule has 66 valence electrons. The van der Waals surface area contributed by atoms with Gasteiger partial charge in [0.1, 0.15) is 0 Å². The molecule has 1 heterocycles. The molecule has 0 bridgehead atoms. The van der Waals surface area contributed by atoms with Crippen LogP contribution in [0.25, 0.3) is 0 Å². The Morgan fingerprint density at radius 1 is 1.75 bits per heavy atom. The predicted molar refractivity (Wildman–Crippen MR) is 50.4 cm³/mol. The molecule has 0 atom stereocenters. The molecule has 1 N–H and O–H groups in total. The number of rotatable bonds is 3. The molecule has 0 aromatic carbocycles. The molecule has 0 aliphatic carbocycles. The van der Waals surface area contributed by atoms with Crippen LogP contribution in [0.3, 0.4) is 0 Å². The smallest absolute Gasteiger partial charge is 0.223 e. The molecule has 12 heavy (non-hydrogen) atoms. The van der Waals surface area contributed by atoms with Gasteiger partial charge in [0, 0.05) is 18.0 Å². The van der Waals surface area contributed by atoms with Gasteiger partial charge in [0.05, 0.1) is 0 Å². The van der Waals surface area contributed by atoms with Crippen LogP contribution >= 0.6 is 11.3 Å². The van der Waals surface area contributed by atoms with Crippen molar-refractivity contribution in [1.82, 2.24) is 4.98 Å². The average molecular weight is 184 g/mol. The summed E-state index contributed by atoms with van der Waals surface area (Å²) >= 11 is 1.54. The van der Waals surface area contributed by atoms with Gasteiger partial charge >= 0.3 is 0 Å². The minimum absolute atomic E-state index is 0.0626. The van der Waals surface area contributed by atoms with Crippen molar-refractivity contribution in [2.24, 2.45) is 0 Å². The Labute approximate surface area is 75.8 Å². The summed E-state index contributed by atoms with van der Waals surface area (Å²) in [7, 11) is 0. The molecular weight excluding hydrogens is 172 g/mol. The van der Waals surface area contributed by atoms with E-state index in [1.54, 1.807) is 11.3 Å². The summed E-state index contributed by atoms with van der Waals surface area (Å²) in [6.45, 7) is 3.61. The number of thiazole rings is 1. The lowest BCUT2D eigenvalue weighted by Crippen LogP contribution is -2.04. The monoisotopic (exact) mass is 184 g/mol. The number of anilines is 1. The summed E-state index contributed by atoms with van der Waals surface area (Å²) in [5.74, 6) is -0.0626. The van der Waals surface area contributed by atoms with Crippen LogP contribution in [0.15, 0.2) is 6.20 Å². The lowest BCUT2D eigenvalue weighted by atomic mass is 10.3. The van der Waals surface area contributed by atoms with Gasteiger partial charge < -0.3 is 5.32 Å². The fourth-order valence-electron chi connectivity index (χ4n) is 0.878. The summed E-state index contributed by atoms with van der Waals surface area (Å²) in [4.78, 5) is 15.9. The van der Waals surface area contributed by atoms with Crippen LogP contribution in [0, 0.1) is 0 Å². The maximum Gasteiger partial charge on any atom is 0.223 e. The summed E-state index contributed by atoms with van der Waals surface area (Å²) in [5, 5.41) is 3.35. The first-order chi connectivity index (χ1) is 5.72. The van der Waals surface area contributed by atoms with E-state index in [-0.39, 0.29) is 5.91 Å². The van der Waals surface area contributed by atoms with E-state index >= 15 is 0 Å². The maximum atomic E-state index is 10.6. The number of aromatic nitrogens is 1. The van der Waals surface area contributed by atoms with Crippen molar-refractivity contribution in [2.45, 2.75) is 26.7 Å². The normalized spacial score (nSPS) is 9.83. The SMILES string of the molecule is CCCc1cnc(NC(C)=O)s1. The van der Waals surface area contributed by atoms with E-state index in [4.69, 9.17) is 0 Å². The molecule has 1 amide bonds. The molecule has 0 saturated heterocycles. The van der Waals surface area contributed by atoms with Gasteiger partial charge in [0.15, 0.2) is 5.13 Å². The first kappa shape index (κ1) is 9.19. The van der Waals surface area contributed by atoms with Crippen molar-refractivity contribution in [3.05, 3.63) is 11.1 Å². The zero-order valence-electron chi connectivity index (χ0n) is 7.26. The third-order valence-electron chi connectivity index (χ3n) is 1.33. The molecular formula is C8H12N2OS. The second-order valence-corrected chi connectivity index (χ2v) is 3.68. The van der Waals surface area contributed by atoms with Crippen molar-refractivity contribution in [2.75, 3.05) is 5.32 Å². The fourth-order valence-corrected chi connectivity index (χ4v) is 1.84. The van der Waals surface area contributed by atoms with Gasteiger partial charge in [-0.15, -0.1) is 11.3 Å². The highest BCUT2D eigenvalue weighted by atomic mass is 32.1. The molecule has 1 aromatic rings. The van der Waals surface area contributed by atoms with Gasteiger partial charge in [0.2, 0.25) is 5.91 Å². The summed E-state index contributed by atoms with van der Waals surface area (Å²) < 4.78 is 0. The summed E-state index contributed by atoms with van der Waals surface area (Å²) in [5.41, 5.74) is 0. The summed E-state index contributed by atoms with van der Waals surface area (Å²) in [6.07, 6.45) is 3.97. The molecule has 1 rings (SSSR count). The Balaban J connectivity index is 2.58. The highest BCUT2D eigenvalue weighted by molar-refractivity contribution is 7.15. The van der Waals surface area contributed by atoms with Crippen LogP contribution in [0.2, 0.25) is 0 Å². The van der Waals surface area contributed by atoms with Gasteiger partial charge in [-0.2, -0.15) is 0 Å². The predicted octanol–water partition coefficient (Wildman–Crippen LogP) is 2.05. The number of aryl methyl sites for hydroxylation is 1. The van der Waals surface area contributed by atoms with Crippen molar-refractivity contribution in [1.29, 1.82) is 0 Å². The fraction of sp³-hybridized carbons (Fsp3) is 0.500. The molecule has 0 saturated carbocycles. The number of amides is 1. The minimum atomic E-state index is -0.0626. The van der Waals surface area contributed by atoms with Crippen molar-refractivity contribution >= 4 is 22.4 Å². The number of hydrogen-bond donors (Lipinski definition) is 1. The number of nitrogens with zero attached hydrogens (tertiary/aromatic N) is 1. The highest BCUT2D eigenvalue weighted by Gasteiger charge is 2.01. The zero-order chi connectivity index (χ0) is 8.97. The molecule has 4 heteroatoms. The molecule has 0 aliphatic rings. The van der Waals surface area contributed by atoms with E-state index in [0.717, 1.165) is 12.8 Å². The highest BCUT2D eigenvalue weighted by Crippen LogP contribution is 2.18. The van der Waals surface area contributed by atoms with Crippen molar-refractivity contribution in [3.63, 3.8) is 0 Å². The first-order valence-corrected chi connectivity index (χ1v) is 4.76. The van der Waals surface area contributed by atoms with E-state index < -0.39 is 0 Å². The maximum absolute atomic E-state index is 10.6. The van der Waals surface area contributed by atoms with Crippen LogP contribution in [-0.2, 0) is 11.2 Å². The van der Waals surface area contributed by atoms with E-state index in [2.05, 4.69) is 17.2 Å². The number of nitrogens with one attached hydrogen (secondary N) is 1. The Morgan fingerprint density at radius 3 is 3.08 bits per heavy atom. The zero-order valence-corrected chi connectivity index (χ0v) is 8.07. The lowest BCUT2D eigenvalue weighted by molar-refractivity contribution is -0.114. The van der Waals surface area contributed by atoms with E-state index in [1.807, 2.05) is 6.20 Å². The van der Waals surface area contributed by atoms with E-state index in [9.17, 15) is 4.79 Å². The van der Waals surface area contributed by atoms with E-state index in [1.165, 1.54) is 11.8 Å². The third kappa shape index (κ3) is 2.62. The molecule has 0 radical (unpaired) electrons. The van der Waals surface area contributed by atoms with Gasteiger partial charge in [-0.1, -0.05) is 13.3 Å². The molecule has 3 nitrogen and oxygen atoms in total. The van der Waals surface area contributed by atoms with Crippen LogP contribution in [0.1, 0.15) is 25.1 Å². The standard InChI is InChI=1S/C8H12N2OS/c1-3-4-7-5-9-8(12-7)10-6(2)11/h5H,3-4H2,1-2H3,(H,9,10,11). The number of hydrogen-bond acceptors (Lipinski definition) is 3. The van der Waals surface area contributed by atoms with Crippen LogP contribution in [-0.4, -0.2) is 10.9 Å². The third-order valence-corrected chi connectivity index (χ3v) is 2.31. The van der Waals surface area contributed by atoms with Crippen LogP contribution < -0.4 is 5.32 Å². The molecule has 0 unspecified atom stereocenters. The second-order valence-electron chi connectivity index (χ2n) is 2.56. The van der Waals surface area contributed by atoms with Crippen molar-refractivity contribution in [3.8, 4) is 0 Å². The van der Waals surface area contributed by atoms with Crippen molar-refractivity contribution < 1.29 is 4.79 Å². The molecule has 0 aliphatic heterocycles. The molecule has 0 spiro atoms. The topological polar surface area (TPSA) is 42.0 Å². The van der Waals surface area contributed by atoms with Gasteiger partial charge in [0.25, 0.3) is 0 Å². The Morgan fingerprint density at radius 2 is 2.50 bits per heavy atom. The van der Waals surface area contributed by atoms with Gasteiger partial charge in [-0.05, 0) is 6.42 Å². The van der Waals surface area contributed by atoms with Crippen LogP contribution in [0.5, 0.6) is 0 Å². The average Bonchev–Trinajstić information content (AvgIpc) is 2.36. The van der Waals surface area contributed by atoms with Crippen LogP contribution in [0.4, 0.5) is 5.13 Å². The quantitative estimate of drug-likeness (QED) is 0.781.